The number of aromatic amines is 1. The van der Waals surface area contributed by atoms with Crippen LogP contribution in [0, 0.1) is 13.8 Å². The van der Waals surface area contributed by atoms with E-state index in [0.717, 1.165) is 26.7 Å². The SMILES string of the molecule is Cc1ccc(-c2ccc3c(=O)n(C4C=CS(=O)(=O)C4)c(=O)[nH]c3n2)cc1C. The molecule has 0 bridgehead atoms. The van der Waals surface area contributed by atoms with E-state index in [1.807, 2.05) is 32.0 Å². The first-order valence-electron chi connectivity index (χ1n) is 8.39. The number of hydrogen-bond donors (Lipinski definition) is 1. The van der Waals surface area contributed by atoms with Crippen LogP contribution in [0.5, 0.6) is 0 Å². The molecule has 138 valence electrons. The van der Waals surface area contributed by atoms with Crippen LogP contribution in [0.25, 0.3) is 22.3 Å². The van der Waals surface area contributed by atoms with Gasteiger partial charge in [0, 0.05) is 11.0 Å². The Hall–Kier alpha value is -3.00. The molecule has 27 heavy (non-hydrogen) atoms. The molecule has 1 atom stereocenters. The van der Waals surface area contributed by atoms with E-state index >= 15 is 0 Å². The number of rotatable bonds is 2. The van der Waals surface area contributed by atoms with Gasteiger partial charge in [-0.1, -0.05) is 12.1 Å². The van der Waals surface area contributed by atoms with Gasteiger partial charge in [-0.15, -0.1) is 0 Å². The summed E-state index contributed by atoms with van der Waals surface area (Å²) >= 11 is 0. The number of fused-ring (bicyclic) bond motifs is 1. The molecule has 1 aliphatic rings. The number of hydrogen-bond acceptors (Lipinski definition) is 5. The van der Waals surface area contributed by atoms with Gasteiger partial charge in [-0.05, 0) is 49.2 Å². The monoisotopic (exact) mass is 383 g/mol. The zero-order valence-electron chi connectivity index (χ0n) is 14.8. The standard InChI is InChI=1S/C19H17N3O4S/c1-11-3-4-13(9-12(11)2)16-6-5-15-17(20-16)21-19(24)22(18(15)23)14-7-8-27(25,26)10-14/h3-9,14H,10H2,1-2H3,(H,20,21,24). The molecule has 0 aliphatic carbocycles. The number of benzene rings is 1. The number of sulfone groups is 1. The summed E-state index contributed by atoms with van der Waals surface area (Å²) in [6, 6.07) is 8.44. The summed E-state index contributed by atoms with van der Waals surface area (Å²) in [7, 11) is -3.39. The van der Waals surface area contributed by atoms with Gasteiger partial charge in [0.15, 0.2) is 9.84 Å². The maximum Gasteiger partial charge on any atom is 0.330 e. The lowest BCUT2D eigenvalue weighted by Gasteiger charge is -2.11. The molecule has 0 radical (unpaired) electrons. The van der Waals surface area contributed by atoms with Crippen LogP contribution in [0.3, 0.4) is 0 Å². The Balaban J connectivity index is 1.86. The molecule has 0 saturated carbocycles. The van der Waals surface area contributed by atoms with E-state index in [1.165, 1.54) is 6.08 Å². The summed E-state index contributed by atoms with van der Waals surface area (Å²) in [6.45, 7) is 4.02. The van der Waals surface area contributed by atoms with Crippen molar-refractivity contribution in [3.05, 3.63) is 73.8 Å². The Bertz CT molecular complexity index is 1330. The van der Waals surface area contributed by atoms with Crippen LogP contribution in [-0.4, -0.2) is 28.7 Å². The molecule has 1 aliphatic heterocycles. The molecule has 1 N–H and O–H groups in total. The summed E-state index contributed by atoms with van der Waals surface area (Å²) in [5, 5.41) is 1.27. The third kappa shape index (κ3) is 3.02. The molecular formula is C19H17N3O4S. The molecule has 8 heteroatoms. The Morgan fingerprint density at radius 1 is 1.11 bits per heavy atom. The number of nitrogens with zero attached hydrogens (tertiary/aromatic N) is 2. The van der Waals surface area contributed by atoms with E-state index < -0.39 is 27.1 Å². The minimum Gasteiger partial charge on any atom is -0.291 e. The second kappa shape index (κ2) is 6.02. The van der Waals surface area contributed by atoms with Crippen molar-refractivity contribution >= 4 is 20.9 Å². The second-order valence-corrected chi connectivity index (χ2v) is 8.65. The maximum atomic E-state index is 12.8. The average molecular weight is 383 g/mol. The summed E-state index contributed by atoms with van der Waals surface area (Å²) in [4.78, 5) is 32.2. The highest BCUT2D eigenvalue weighted by atomic mass is 32.2. The number of aryl methyl sites for hydroxylation is 2. The molecule has 0 amide bonds. The molecule has 1 aromatic carbocycles. The molecule has 1 unspecified atom stereocenters. The van der Waals surface area contributed by atoms with Crippen LogP contribution < -0.4 is 11.2 Å². The summed E-state index contributed by atoms with van der Waals surface area (Å²) in [5.74, 6) is -0.296. The van der Waals surface area contributed by atoms with Gasteiger partial charge < -0.3 is 0 Å². The Morgan fingerprint density at radius 3 is 2.56 bits per heavy atom. The molecular weight excluding hydrogens is 366 g/mol. The van der Waals surface area contributed by atoms with Crippen molar-refractivity contribution in [2.45, 2.75) is 19.9 Å². The zero-order valence-corrected chi connectivity index (χ0v) is 15.6. The summed E-state index contributed by atoms with van der Waals surface area (Å²) < 4.78 is 24.2. The van der Waals surface area contributed by atoms with Crippen LogP contribution in [-0.2, 0) is 9.84 Å². The normalized spacial score (nSPS) is 18.2. The van der Waals surface area contributed by atoms with Crippen molar-refractivity contribution < 1.29 is 8.42 Å². The fourth-order valence-electron chi connectivity index (χ4n) is 3.19. The Morgan fingerprint density at radius 2 is 1.89 bits per heavy atom. The third-order valence-corrected chi connectivity index (χ3v) is 6.21. The average Bonchev–Trinajstić information content (AvgIpc) is 2.96. The van der Waals surface area contributed by atoms with E-state index in [4.69, 9.17) is 0 Å². The van der Waals surface area contributed by atoms with Crippen molar-refractivity contribution in [2.75, 3.05) is 5.75 Å². The summed E-state index contributed by atoms with van der Waals surface area (Å²) in [5.41, 5.74) is 2.75. The smallest absolute Gasteiger partial charge is 0.291 e. The third-order valence-electron chi connectivity index (χ3n) is 4.83. The fourth-order valence-corrected chi connectivity index (χ4v) is 4.46. The Kier molecular flexibility index (Phi) is 3.88. The van der Waals surface area contributed by atoms with Gasteiger partial charge in [-0.2, -0.15) is 0 Å². The van der Waals surface area contributed by atoms with Gasteiger partial charge in [0.25, 0.3) is 5.56 Å². The van der Waals surface area contributed by atoms with Crippen LogP contribution in [0.1, 0.15) is 17.2 Å². The second-order valence-electron chi connectivity index (χ2n) is 6.72. The number of pyridine rings is 1. The van der Waals surface area contributed by atoms with Gasteiger partial charge in [-0.25, -0.2) is 18.2 Å². The maximum absolute atomic E-state index is 12.8. The number of aromatic nitrogens is 3. The molecule has 0 spiro atoms. The molecule has 7 nitrogen and oxygen atoms in total. The van der Waals surface area contributed by atoms with Gasteiger partial charge >= 0.3 is 5.69 Å². The summed E-state index contributed by atoms with van der Waals surface area (Å²) in [6.07, 6.45) is 1.36. The van der Waals surface area contributed by atoms with E-state index in [-0.39, 0.29) is 16.8 Å². The minimum atomic E-state index is -3.39. The number of allylic oxidation sites excluding steroid dienone is 1. The largest absolute Gasteiger partial charge is 0.330 e. The molecule has 4 rings (SSSR count). The van der Waals surface area contributed by atoms with Crippen molar-refractivity contribution in [3.8, 4) is 11.3 Å². The minimum absolute atomic E-state index is 0.182. The lowest BCUT2D eigenvalue weighted by atomic mass is 10.0. The highest BCUT2D eigenvalue weighted by Gasteiger charge is 2.26. The van der Waals surface area contributed by atoms with Crippen molar-refractivity contribution in [1.29, 1.82) is 0 Å². The van der Waals surface area contributed by atoms with Gasteiger partial charge in [0.05, 0.1) is 22.9 Å². The molecule has 3 heterocycles. The van der Waals surface area contributed by atoms with Crippen molar-refractivity contribution in [3.63, 3.8) is 0 Å². The number of H-pyrrole nitrogens is 1. The predicted molar refractivity (Wildman–Crippen MR) is 103 cm³/mol. The zero-order chi connectivity index (χ0) is 19.3. The number of nitrogens with one attached hydrogen (secondary N) is 1. The van der Waals surface area contributed by atoms with Crippen LogP contribution in [0.15, 0.2) is 51.4 Å². The van der Waals surface area contributed by atoms with Crippen molar-refractivity contribution in [1.82, 2.24) is 14.5 Å². The van der Waals surface area contributed by atoms with Gasteiger partial charge in [0.2, 0.25) is 0 Å². The van der Waals surface area contributed by atoms with Gasteiger partial charge in [0.1, 0.15) is 5.65 Å². The quantitative estimate of drug-likeness (QED) is 0.728. The lowest BCUT2D eigenvalue weighted by Crippen LogP contribution is -2.38. The lowest BCUT2D eigenvalue weighted by molar-refractivity contribution is 0.578. The molecule has 2 aromatic heterocycles. The highest BCUT2D eigenvalue weighted by molar-refractivity contribution is 7.94. The first-order chi connectivity index (χ1) is 12.7. The van der Waals surface area contributed by atoms with E-state index in [0.29, 0.717) is 5.69 Å². The molecule has 0 fully saturated rings. The van der Waals surface area contributed by atoms with Gasteiger partial charge in [-0.3, -0.25) is 14.3 Å². The van der Waals surface area contributed by atoms with E-state index in [9.17, 15) is 18.0 Å². The van der Waals surface area contributed by atoms with E-state index in [2.05, 4.69) is 9.97 Å². The van der Waals surface area contributed by atoms with E-state index in [1.54, 1.807) is 12.1 Å². The molecule has 3 aromatic rings. The first-order valence-corrected chi connectivity index (χ1v) is 10.1. The van der Waals surface area contributed by atoms with Crippen LogP contribution in [0.2, 0.25) is 0 Å². The van der Waals surface area contributed by atoms with Crippen LogP contribution in [0.4, 0.5) is 0 Å². The molecule has 0 saturated heterocycles. The first kappa shape index (κ1) is 17.4. The highest BCUT2D eigenvalue weighted by Crippen LogP contribution is 2.22. The topological polar surface area (TPSA) is 102 Å². The fraction of sp³-hybridized carbons (Fsp3) is 0.211. The predicted octanol–water partition coefficient (Wildman–Crippen LogP) is 1.85. The van der Waals surface area contributed by atoms with Crippen molar-refractivity contribution in [2.24, 2.45) is 0 Å². The Labute approximate surface area is 154 Å². The van der Waals surface area contributed by atoms with Crippen LogP contribution >= 0.6 is 0 Å².